The van der Waals surface area contributed by atoms with E-state index in [1.165, 1.54) is 5.56 Å². The van der Waals surface area contributed by atoms with Crippen LogP contribution in [0.5, 0.6) is 0 Å². The molecule has 3 aromatic heterocycles. The van der Waals surface area contributed by atoms with E-state index in [1.807, 2.05) is 10.5 Å². The molecule has 88 valence electrons. The fourth-order valence-electron chi connectivity index (χ4n) is 1.92. The standard InChI is InChI=1S/C13H10N4S/c1-2-10-5-6-18-12(10)13-16-15-11-4-3-9(7-14)8-17(11)13/h3-6,8H,2H2,1H3. The van der Waals surface area contributed by atoms with Crippen molar-refractivity contribution in [3.63, 3.8) is 0 Å². The van der Waals surface area contributed by atoms with Crippen molar-refractivity contribution in [1.82, 2.24) is 14.6 Å². The number of nitriles is 1. The second-order valence-corrected chi connectivity index (χ2v) is 4.83. The second kappa shape index (κ2) is 4.24. The number of aryl methyl sites for hydroxylation is 1. The summed E-state index contributed by atoms with van der Waals surface area (Å²) in [5, 5.41) is 19.4. The van der Waals surface area contributed by atoms with Gasteiger partial charge in [0.05, 0.1) is 10.4 Å². The Balaban J connectivity index is 2.27. The average Bonchev–Trinajstić information content (AvgIpc) is 3.03. The third kappa shape index (κ3) is 1.59. The van der Waals surface area contributed by atoms with E-state index in [1.54, 1.807) is 23.6 Å². The lowest BCUT2D eigenvalue weighted by molar-refractivity contribution is 1.09. The summed E-state index contributed by atoms with van der Waals surface area (Å²) >= 11 is 1.65. The highest BCUT2D eigenvalue weighted by Crippen LogP contribution is 2.28. The summed E-state index contributed by atoms with van der Waals surface area (Å²) in [6, 6.07) is 7.81. The van der Waals surface area contributed by atoms with Crippen molar-refractivity contribution in [3.05, 3.63) is 40.9 Å². The zero-order chi connectivity index (χ0) is 12.5. The summed E-state index contributed by atoms with van der Waals surface area (Å²) in [6.45, 7) is 2.12. The Morgan fingerprint density at radius 3 is 3.00 bits per heavy atom. The fraction of sp³-hybridized carbons (Fsp3) is 0.154. The zero-order valence-electron chi connectivity index (χ0n) is 9.79. The highest BCUT2D eigenvalue weighted by molar-refractivity contribution is 7.13. The van der Waals surface area contributed by atoms with Crippen LogP contribution in [0.1, 0.15) is 18.1 Å². The molecular formula is C13H10N4S. The van der Waals surface area contributed by atoms with Crippen LogP contribution in [0.4, 0.5) is 0 Å². The van der Waals surface area contributed by atoms with Crippen LogP contribution >= 0.6 is 11.3 Å². The Bertz CT molecular complexity index is 748. The van der Waals surface area contributed by atoms with Gasteiger partial charge in [0.2, 0.25) is 0 Å². The Morgan fingerprint density at radius 1 is 1.33 bits per heavy atom. The minimum absolute atomic E-state index is 0.609. The molecule has 3 heterocycles. The first-order valence-corrected chi connectivity index (χ1v) is 6.53. The van der Waals surface area contributed by atoms with Crippen molar-refractivity contribution < 1.29 is 0 Å². The predicted octanol–water partition coefficient (Wildman–Crippen LogP) is 2.89. The molecule has 5 heteroatoms. The highest BCUT2D eigenvalue weighted by Gasteiger charge is 2.13. The lowest BCUT2D eigenvalue weighted by Crippen LogP contribution is -1.91. The summed E-state index contributed by atoms with van der Waals surface area (Å²) in [7, 11) is 0. The lowest BCUT2D eigenvalue weighted by Gasteiger charge is -2.00. The molecule has 0 fully saturated rings. The third-order valence-electron chi connectivity index (χ3n) is 2.86. The van der Waals surface area contributed by atoms with Gasteiger partial charge >= 0.3 is 0 Å². The summed E-state index contributed by atoms with van der Waals surface area (Å²) < 4.78 is 1.88. The summed E-state index contributed by atoms with van der Waals surface area (Å²) in [6.07, 6.45) is 2.75. The number of fused-ring (bicyclic) bond motifs is 1. The molecule has 0 amide bonds. The smallest absolute Gasteiger partial charge is 0.178 e. The molecule has 0 aliphatic carbocycles. The molecule has 0 aliphatic rings. The molecule has 18 heavy (non-hydrogen) atoms. The van der Waals surface area contributed by atoms with Crippen LogP contribution in [-0.4, -0.2) is 14.6 Å². The average molecular weight is 254 g/mol. The molecule has 0 aliphatic heterocycles. The van der Waals surface area contributed by atoms with E-state index >= 15 is 0 Å². The van der Waals surface area contributed by atoms with Crippen LogP contribution in [-0.2, 0) is 6.42 Å². The first-order valence-electron chi connectivity index (χ1n) is 5.65. The minimum atomic E-state index is 0.609. The van der Waals surface area contributed by atoms with E-state index in [-0.39, 0.29) is 0 Å². The number of hydrogen-bond acceptors (Lipinski definition) is 4. The van der Waals surface area contributed by atoms with Crippen LogP contribution in [0, 0.1) is 11.3 Å². The van der Waals surface area contributed by atoms with Gasteiger partial charge in [-0.05, 0) is 35.6 Å². The largest absolute Gasteiger partial charge is 0.280 e. The normalized spacial score (nSPS) is 10.7. The molecule has 0 atom stereocenters. The zero-order valence-corrected chi connectivity index (χ0v) is 10.6. The Labute approximate surface area is 108 Å². The molecule has 0 N–H and O–H groups in total. The molecule has 0 aromatic carbocycles. The lowest BCUT2D eigenvalue weighted by atomic mass is 10.2. The van der Waals surface area contributed by atoms with Gasteiger partial charge in [0.15, 0.2) is 11.5 Å². The topological polar surface area (TPSA) is 54.0 Å². The first-order chi connectivity index (χ1) is 8.83. The molecular weight excluding hydrogens is 244 g/mol. The maximum Gasteiger partial charge on any atom is 0.178 e. The summed E-state index contributed by atoms with van der Waals surface area (Å²) in [5.41, 5.74) is 2.63. The number of aromatic nitrogens is 3. The van der Waals surface area contributed by atoms with E-state index in [2.05, 4.69) is 34.6 Å². The maximum atomic E-state index is 8.96. The predicted molar refractivity (Wildman–Crippen MR) is 70.4 cm³/mol. The van der Waals surface area contributed by atoms with E-state index in [4.69, 9.17) is 5.26 Å². The van der Waals surface area contributed by atoms with Gasteiger partial charge < -0.3 is 0 Å². The summed E-state index contributed by atoms with van der Waals surface area (Å²) in [5.74, 6) is 0.814. The fourth-order valence-corrected chi connectivity index (χ4v) is 2.90. The third-order valence-corrected chi connectivity index (χ3v) is 3.81. The molecule has 0 saturated carbocycles. The number of nitrogens with zero attached hydrogens (tertiary/aromatic N) is 4. The van der Waals surface area contributed by atoms with Crippen LogP contribution in [0.15, 0.2) is 29.8 Å². The van der Waals surface area contributed by atoms with Crippen molar-refractivity contribution in [2.75, 3.05) is 0 Å². The molecule has 0 unspecified atom stereocenters. The Kier molecular flexibility index (Phi) is 2.58. The van der Waals surface area contributed by atoms with Crippen molar-refractivity contribution in [1.29, 1.82) is 5.26 Å². The van der Waals surface area contributed by atoms with Gasteiger partial charge in [-0.2, -0.15) is 5.26 Å². The van der Waals surface area contributed by atoms with Gasteiger partial charge in [0, 0.05) is 6.20 Å². The number of hydrogen-bond donors (Lipinski definition) is 0. The van der Waals surface area contributed by atoms with Gasteiger partial charge in [0.1, 0.15) is 6.07 Å². The van der Waals surface area contributed by atoms with Crippen LogP contribution in [0.25, 0.3) is 16.3 Å². The maximum absolute atomic E-state index is 8.96. The molecule has 0 bridgehead atoms. The van der Waals surface area contributed by atoms with Gasteiger partial charge in [-0.3, -0.25) is 4.40 Å². The van der Waals surface area contributed by atoms with Gasteiger partial charge in [0.25, 0.3) is 0 Å². The van der Waals surface area contributed by atoms with Gasteiger partial charge in [-0.1, -0.05) is 6.92 Å². The van der Waals surface area contributed by atoms with Crippen LogP contribution in [0.3, 0.4) is 0 Å². The van der Waals surface area contributed by atoms with Crippen molar-refractivity contribution in [2.45, 2.75) is 13.3 Å². The van der Waals surface area contributed by atoms with E-state index in [0.717, 1.165) is 22.8 Å². The summed E-state index contributed by atoms with van der Waals surface area (Å²) in [4.78, 5) is 1.13. The molecule has 0 spiro atoms. The SMILES string of the molecule is CCc1ccsc1-c1nnc2ccc(C#N)cn12. The minimum Gasteiger partial charge on any atom is -0.280 e. The Morgan fingerprint density at radius 2 is 2.22 bits per heavy atom. The molecule has 0 saturated heterocycles. The first kappa shape index (κ1) is 10.9. The molecule has 3 rings (SSSR count). The van der Waals surface area contributed by atoms with Crippen LogP contribution in [0.2, 0.25) is 0 Å². The van der Waals surface area contributed by atoms with Gasteiger partial charge in [-0.15, -0.1) is 21.5 Å². The van der Waals surface area contributed by atoms with E-state index in [0.29, 0.717) is 5.56 Å². The van der Waals surface area contributed by atoms with Crippen molar-refractivity contribution >= 4 is 17.0 Å². The van der Waals surface area contributed by atoms with Gasteiger partial charge in [-0.25, -0.2) is 0 Å². The molecule has 0 radical (unpaired) electrons. The molecule has 3 aromatic rings. The molecule has 4 nitrogen and oxygen atoms in total. The highest BCUT2D eigenvalue weighted by atomic mass is 32.1. The monoisotopic (exact) mass is 254 g/mol. The quantitative estimate of drug-likeness (QED) is 0.706. The van der Waals surface area contributed by atoms with E-state index < -0.39 is 0 Å². The number of rotatable bonds is 2. The van der Waals surface area contributed by atoms with Crippen LogP contribution < -0.4 is 0 Å². The Hall–Kier alpha value is -2.19. The number of thiophene rings is 1. The second-order valence-electron chi connectivity index (χ2n) is 3.91. The number of pyridine rings is 1. The van der Waals surface area contributed by atoms with Crippen molar-refractivity contribution in [3.8, 4) is 16.8 Å². The van der Waals surface area contributed by atoms with Crippen molar-refractivity contribution in [2.24, 2.45) is 0 Å². The van der Waals surface area contributed by atoms with E-state index in [9.17, 15) is 0 Å².